The minimum atomic E-state index is 0.247. The molecule has 0 amide bonds. The molecule has 3 aliphatic rings. The zero-order valence-electron chi connectivity index (χ0n) is 18.7. The standard InChI is InChI=1S/C26H44/c1-10-12-13-19(5)14-20(6)23(11-2)24(18(3)4)26-16-22(21(26)7)15-25(8,9)17-26/h2,18-19,21-24H,6,10,12-17H2,1,3-5,7-9H3. The second kappa shape index (κ2) is 8.12. The van der Waals surface area contributed by atoms with Gasteiger partial charge in [-0.1, -0.05) is 85.8 Å². The molecule has 0 aliphatic heterocycles. The zero-order valence-corrected chi connectivity index (χ0v) is 18.7. The molecular weight excluding hydrogens is 312 g/mol. The molecule has 0 aromatic carbocycles. The summed E-state index contributed by atoms with van der Waals surface area (Å²) in [5.74, 6) is 7.14. The van der Waals surface area contributed by atoms with E-state index in [1.807, 2.05) is 0 Å². The third-order valence-corrected chi connectivity index (χ3v) is 7.90. The van der Waals surface area contributed by atoms with Crippen LogP contribution in [-0.2, 0) is 0 Å². The summed E-state index contributed by atoms with van der Waals surface area (Å²) in [4.78, 5) is 0. The van der Waals surface area contributed by atoms with Crippen LogP contribution in [0.1, 0.15) is 93.4 Å². The van der Waals surface area contributed by atoms with Crippen LogP contribution in [-0.4, -0.2) is 0 Å². The molecule has 3 saturated carbocycles. The molecule has 0 heterocycles. The predicted molar refractivity (Wildman–Crippen MR) is 116 cm³/mol. The topological polar surface area (TPSA) is 0 Å². The maximum absolute atomic E-state index is 6.17. The Balaban J connectivity index is 2.22. The SMILES string of the molecule is C#CC(C(=C)CC(C)CCCC)C(C(C)C)C12CC(CC(C)(C)C1)C2C. The van der Waals surface area contributed by atoms with E-state index in [1.54, 1.807) is 0 Å². The Morgan fingerprint density at radius 1 is 1.23 bits per heavy atom. The molecule has 0 aromatic heterocycles. The lowest BCUT2D eigenvalue weighted by atomic mass is 9.37. The van der Waals surface area contributed by atoms with E-state index >= 15 is 0 Å². The lowest BCUT2D eigenvalue weighted by molar-refractivity contribution is -0.182. The lowest BCUT2D eigenvalue weighted by Gasteiger charge is -2.68. The molecule has 0 N–H and O–H groups in total. The highest BCUT2D eigenvalue weighted by molar-refractivity contribution is 5.22. The number of rotatable bonds is 9. The highest BCUT2D eigenvalue weighted by atomic mass is 14.7. The minimum Gasteiger partial charge on any atom is -0.119 e. The van der Waals surface area contributed by atoms with Gasteiger partial charge in [-0.25, -0.2) is 0 Å². The van der Waals surface area contributed by atoms with Crippen LogP contribution in [0.25, 0.3) is 0 Å². The second-order valence-electron chi connectivity index (χ2n) is 11.1. The summed E-state index contributed by atoms with van der Waals surface area (Å²) in [6, 6.07) is 0. The van der Waals surface area contributed by atoms with E-state index in [4.69, 9.17) is 6.42 Å². The summed E-state index contributed by atoms with van der Waals surface area (Å²) in [6.45, 7) is 21.5. The summed E-state index contributed by atoms with van der Waals surface area (Å²) in [6.07, 6.45) is 15.3. The van der Waals surface area contributed by atoms with Crippen molar-refractivity contribution in [2.24, 2.45) is 46.3 Å². The first kappa shape index (κ1) is 21.6. The molecule has 148 valence electrons. The van der Waals surface area contributed by atoms with Gasteiger partial charge in [-0.15, -0.1) is 6.42 Å². The molecule has 26 heavy (non-hydrogen) atoms. The van der Waals surface area contributed by atoms with Crippen LogP contribution in [0.4, 0.5) is 0 Å². The molecule has 0 nitrogen and oxygen atoms in total. The first-order chi connectivity index (χ1) is 12.1. The Labute approximate surface area is 164 Å². The fourth-order valence-electron chi connectivity index (χ4n) is 6.96. The van der Waals surface area contributed by atoms with Crippen LogP contribution in [0, 0.1) is 58.7 Å². The Bertz CT molecular complexity index is 531. The van der Waals surface area contributed by atoms with E-state index in [0.717, 1.165) is 18.3 Å². The van der Waals surface area contributed by atoms with Gasteiger partial charge in [0.2, 0.25) is 0 Å². The van der Waals surface area contributed by atoms with Crippen LogP contribution >= 0.6 is 0 Å². The Morgan fingerprint density at radius 2 is 1.88 bits per heavy atom. The summed E-state index contributed by atoms with van der Waals surface area (Å²) in [5, 5.41) is 0. The van der Waals surface area contributed by atoms with E-state index < -0.39 is 0 Å². The smallest absolute Gasteiger partial charge is 0.0442 e. The van der Waals surface area contributed by atoms with Crippen molar-refractivity contribution < 1.29 is 0 Å². The van der Waals surface area contributed by atoms with E-state index in [1.165, 1.54) is 44.1 Å². The Kier molecular flexibility index (Phi) is 6.75. The number of hydrogen-bond donors (Lipinski definition) is 0. The summed E-state index contributed by atoms with van der Waals surface area (Å²) >= 11 is 0. The van der Waals surface area contributed by atoms with Crippen molar-refractivity contribution in [3.63, 3.8) is 0 Å². The van der Waals surface area contributed by atoms with Crippen LogP contribution in [0.2, 0.25) is 0 Å². The van der Waals surface area contributed by atoms with E-state index in [-0.39, 0.29) is 5.92 Å². The van der Waals surface area contributed by atoms with Gasteiger partial charge in [0.05, 0.1) is 0 Å². The van der Waals surface area contributed by atoms with Crippen molar-refractivity contribution in [2.75, 3.05) is 0 Å². The number of fused-ring (bicyclic) bond motifs is 2. The van der Waals surface area contributed by atoms with E-state index in [0.29, 0.717) is 28.6 Å². The molecule has 0 radical (unpaired) electrons. The van der Waals surface area contributed by atoms with Crippen molar-refractivity contribution in [1.82, 2.24) is 0 Å². The van der Waals surface area contributed by atoms with Crippen molar-refractivity contribution in [1.29, 1.82) is 0 Å². The first-order valence-electron chi connectivity index (χ1n) is 11.2. The van der Waals surface area contributed by atoms with Crippen LogP contribution in [0.5, 0.6) is 0 Å². The fourth-order valence-corrected chi connectivity index (χ4v) is 6.96. The van der Waals surface area contributed by atoms with Gasteiger partial charge >= 0.3 is 0 Å². The number of allylic oxidation sites excluding steroid dienone is 1. The van der Waals surface area contributed by atoms with Crippen LogP contribution < -0.4 is 0 Å². The van der Waals surface area contributed by atoms with Crippen molar-refractivity contribution in [2.45, 2.75) is 93.4 Å². The van der Waals surface area contributed by atoms with Crippen molar-refractivity contribution in [3.05, 3.63) is 12.2 Å². The maximum Gasteiger partial charge on any atom is 0.0442 e. The normalized spacial score (nSPS) is 33.0. The fraction of sp³-hybridized carbons (Fsp3) is 0.846. The van der Waals surface area contributed by atoms with Crippen molar-refractivity contribution in [3.8, 4) is 12.3 Å². The largest absolute Gasteiger partial charge is 0.119 e. The van der Waals surface area contributed by atoms with Gasteiger partial charge < -0.3 is 0 Å². The molecule has 0 saturated heterocycles. The van der Waals surface area contributed by atoms with Gasteiger partial charge in [-0.2, -0.15) is 0 Å². The Hall–Kier alpha value is -0.700. The molecule has 0 aromatic rings. The average Bonchev–Trinajstić information content (AvgIpc) is 2.55. The maximum atomic E-state index is 6.17. The monoisotopic (exact) mass is 356 g/mol. The van der Waals surface area contributed by atoms with Gasteiger partial charge in [-0.3, -0.25) is 0 Å². The summed E-state index contributed by atoms with van der Waals surface area (Å²) in [7, 11) is 0. The minimum absolute atomic E-state index is 0.247. The summed E-state index contributed by atoms with van der Waals surface area (Å²) < 4.78 is 0. The van der Waals surface area contributed by atoms with Gasteiger partial charge in [0.1, 0.15) is 0 Å². The molecule has 0 spiro atoms. The van der Waals surface area contributed by atoms with Crippen molar-refractivity contribution >= 4 is 0 Å². The van der Waals surface area contributed by atoms with Crippen LogP contribution in [0.3, 0.4) is 0 Å². The van der Waals surface area contributed by atoms with Gasteiger partial charge in [0.15, 0.2) is 0 Å². The first-order valence-corrected chi connectivity index (χ1v) is 11.2. The number of terminal acetylenes is 1. The molecule has 6 unspecified atom stereocenters. The second-order valence-corrected chi connectivity index (χ2v) is 11.1. The molecule has 0 heteroatoms. The molecule has 3 rings (SSSR count). The highest BCUT2D eigenvalue weighted by Gasteiger charge is 2.62. The third kappa shape index (κ3) is 4.08. The molecule has 2 bridgehead atoms. The lowest BCUT2D eigenvalue weighted by Crippen LogP contribution is -2.60. The van der Waals surface area contributed by atoms with Gasteiger partial charge in [-0.05, 0) is 66.1 Å². The third-order valence-electron chi connectivity index (χ3n) is 7.90. The molecule has 3 fully saturated rings. The number of hydrogen-bond acceptors (Lipinski definition) is 0. The average molecular weight is 357 g/mol. The molecule has 6 atom stereocenters. The van der Waals surface area contributed by atoms with Gasteiger partial charge in [0, 0.05) is 5.92 Å². The van der Waals surface area contributed by atoms with Gasteiger partial charge in [0.25, 0.3) is 0 Å². The highest BCUT2D eigenvalue weighted by Crippen LogP contribution is 2.70. The molecule has 3 aliphatic carbocycles. The number of unbranched alkanes of at least 4 members (excludes halogenated alkanes) is 1. The summed E-state index contributed by atoms with van der Waals surface area (Å²) in [5.41, 5.74) is 2.24. The Morgan fingerprint density at radius 3 is 2.38 bits per heavy atom. The van der Waals surface area contributed by atoms with Crippen LogP contribution in [0.15, 0.2) is 12.2 Å². The molecular formula is C26H44. The van der Waals surface area contributed by atoms with E-state index in [2.05, 4.69) is 61.0 Å². The van der Waals surface area contributed by atoms with E-state index in [9.17, 15) is 0 Å². The quantitative estimate of drug-likeness (QED) is 0.293. The zero-order chi connectivity index (χ0) is 19.7. The predicted octanol–water partition coefficient (Wildman–Crippen LogP) is 7.74.